The Hall–Kier alpha value is -4.20. The lowest BCUT2D eigenvalue weighted by Gasteiger charge is -2.41. The number of aromatic nitrogens is 2. The van der Waals surface area contributed by atoms with Gasteiger partial charge in [0.25, 0.3) is 5.91 Å². The van der Waals surface area contributed by atoms with Gasteiger partial charge in [-0.2, -0.15) is 10.4 Å². The van der Waals surface area contributed by atoms with Gasteiger partial charge < -0.3 is 20.3 Å². The summed E-state index contributed by atoms with van der Waals surface area (Å²) < 4.78 is 20.0. The molecule has 11 heteroatoms. The summed E-state index contributed by atoms with van der Waals surface area (Å²) in [7, 11) is 1.53. The van der Waals surface area contributed by atoms with E-state index in [1.165, 1.54) is 24.4 Å². The lowest BCUT2D eigenvalue weighted by atomic mass is 9.96. The lowest BCUT2D eigenvalue weighted by molar-refractivity contribution is -0.148. The number of halogens is 1. The highest BCUT2D eigenvalue weighted by Crippen LogP contribution is 2.27. The Morgan fingerprint density at radius 3 is 2.66 bits per heavy atom. The zero-order chi connectivity index (χ0) is 25.1. The van der Waals surface area contributed by atoms with E-state index in [1.54, 1.807) is 27.9 Å². The molecule has 2 fully saturated rings. The number of allylic oxidation sites excluding steroid dienone is 1. The number of rotatable bonds is 6. The van der Waals surface area contributed by atoms with Gasteiger partial charge in [-0.05, 0) is 18.9 Å². The van der Waals surface area contributed by atoms with Gasteiger partial charge in [-0.3, -0.25) is 14.6 Å². The number of nitrogens with zero attached hydrogens (tertiary/aromatic N) is 6. The summed E-state index contributed by atoms with van der Waals surface area (Å²) in [5.74, 6) is -1.56. The van der Waals surface area contributed by atoms with Gasteiger partial charge in [0.1, 0.15) is 22.9 Å². The van der Waals surface area contributed by atoms with Crippen LogP contribution in [0.25, 0.3) is 11.1 Å². The SMILES string of the molecule is C=C(F)C(=O)N1CC(C(=O)N2CCC(N=CC(=CN)c3cc(OC)c4c(C#N)cnn4c3)CC2)C1. The molecule has 0 atom stereocenters. The highest BCUT2D eigenvalue weighted by atomic mass is 19.1. The molecule has 2 aliphatic heterocycles. The van der Waals surface area contributed by atoms with Gasteiger partial charge in [0.05, 0.1) is 25.3 Å². The van der Waals surface area contributed by atoms with Crippen molar-refractivity contribution in [2.24, 2.45) is 16.6 Å². The van der Waals surface area contributed by atoms with Crippen LogP contribution in [0.1, 0.15) is 24.0 Å². The number of pyridine rings is 1. The maximum Gasteiger partial charge on any atom is 0.282 e. The molecule has 2 aromatic rings. The third-order valence-electron chi connectivity index (χ3n) is 6.38. The highest BCUT2D eigenvalue weighted by Gasteiger charge is 2.39. The summed E-state index contributed by atoms with van der Waals surface area (Å²) in [5.41, 5.74) is 8.27. The molecule has 10 nitrogen and oxygen atoms in total. The molecule has 35 heavy (non-hydrogen) atoms. The van der Waals surface area contributed by atoms with Crippen LogP contribution < -0.4 is 10.5 Å². The van der Waals surface area contributed by atoms with E-state index < -0.39 is 11.7 Å². The Morgan fingerprint density at radius 2 is 2.06 bits per heavy atom. The maximum atomic E-state index is 12.9. The molecule has 182 valence electrons. The standard InChI is InChI=1S/C24H26FN7O3/c1-15(25)23(33)31-12-19(13-31)24(34)30-5-3-20(4-6-30)28-10-17(8-26)16-7-21(35-2)22-18(9-27)11-29-32(22)14-16/h7-8,10-11,14,19-20H,1,3-6,12-13,26H2,2H3. The summed E-state index contributed by atoms with van der Waals surface area (Å²) in [6.07, 6.45) is 7.79. The topological polar surface area (TPSA) is 129 Å². The predicted molar refractivity (Wildman–Crippen MR) is 127 cm³/mol. The number of amides is 2. The molecule has 0 radical (unpaired) electrons. The fourth-order valence-electron chi connectivity index (χ4n) is 4.34. The first-order valence-electron chi connectivity index (χ1n) is 11.2. The highest BCUT2D eigenvalue weighted by molar-refractivity contribution is 6.10. The normalized spacial score (nSPS) is 17.5. The van der Waals surface area contributed by atoms with Crippen LogP contribution in [0.2, 0.25) is 0 Å². The van der Waals surface area contributed by atoms with Crippen LogP contribution in [0.15, 0.2) is 42.1 Å². The minimum Gasteiger partial charge on any atom is -0.494 e. The van der Waals surface area contributed by atoms with E-state index in [0.29, 0.717) is 48.3 Å². The van der Waals surface area contributed by atoms with Gasteiger partial charge in [0.2, 0.25) is 5.91 Å². The summed E-state index contributed by atoms with van der Waals surface area (Å²) in [6, 6.07) is 3.92. The molecule has 2 aliphatic rings. The minimum absolute atomic E-state index is 0.0140. The first kappa shape index (κ1) is 23.9. The van der Waals surface area contributed by atoms with Gasteiger partial charge in [-0.1, -0.05) is 6.58 Å². The molecule has 0 bridgehead atoms. The van der Waals surface area contributed by atoms with E-state index in [0.717, 1.165) is 5.56 Å². The van der Waals surface area contributed by atoms with Crippen molar-refractivity contribution < 1.29 is 18.7 Å². The number of nitriles is 1. The van der Waals surface area contributed by atoms with Crippen molar-refractivity contribution >= 4 is 29.1 Å². The van der Waals surface area contributed by atoms with Crippen LogP contribution in [0.4, 0.5) is 4.39 Å². The summed E-state index contributed by atoms with van der Waals surface area (Å²) in [4.78, 5) is 32.0. The lowest BCUT2D eigenvalue weighted by Crippen LogP contribution is -2.57. The number of nitrogens with two attached hydrogens (primary N) is 1. The number of carbonyl (C=O) groups excluding carboxylic acids is 2. The van der Waals surface area contributed by atoms with E-state index in [9.17, 15) is 19.2 Å². The van der Waals surface area contributed by atoms with Gasteiger partial charge in [-0.25, -0.2) is 8.91 Å². The van der Waals surface area contributed by atoms with Crippen LogP contribution in [-0.2, 0) is 9.59 Å². The smallest absolute Gasteiger partial charge is 0.282 e. The molecule has 0 saturated carbocycles. The van der Waals surface area contributed by atoms with Crippen molar-refractivity contribution in [2.45, 2.75) is 18.9 Å². The van der Waals surface area contributed by atoms with E-state index in [4.69, 9.17) is 10.5 Å². The van der Waals surface area contributed by atoms with Gasteiger partial charge in [0, 0.05) is 55.9 Å². The van der Waals surface area contributed by atoms with Crippen molar-refractivity contribution in [1.29, 1.82) is 5.26 Å². The Labute approximate surface area is 201 Å². The average molecular weight is 480 g/mol. The molecule has 4 rings (SSSR count). The molecular formula is C24H26FN7O3. The summed E-state index contributed by atoms with van der Waals surface area (Å²) in [5, 5.41) is 13.5. The Kier molecular flexibility index (Phi) is 6.82. The molecule has 4 heterocycles. The Balaban J connectivity index is 1.35. The monoisotopic (exact) mass is 479 g/mol. The maximum absolute atomic E-state index is 12.9. The first-order valence-corrected chi connectivity index (χ1v) is 11.2. The van der Waals surface area contributed by atoms with Crippen LogP contribution in [-0.4, -0.2) is 76.8 Å². The molecule has 0 spiro atoms. The molecule has 2 aromatic heterocycles. The van der Waals surface area contributed by atoms with E-state index >= 15 is 0 Å². The van der Waals surface area contributed by atoms with Gasteiger partial charge in [0.15, 0.2) is 5.83 Å². The van der Waals surface area contributed by atoms with Crippen molar-refractivity contribution in [3.05, 3.63) is 48.2 Å². The van der Waals surface area contributed by atoms with Crippen LogP contribution in [0.3, 0.4) is 0 Å². The third-order valence-corrected chi connectivity index (χ3v) is 6.38. The quantitative estimate of drug-likeness (QED) is 0.494. The Bertz CT molecular complexity index is 1260. The van der Waals surface area contributed by atoms with Crippen molar-refractivity contribution in [3.8, 4) is 11.8 Å². The number of ether oxygens (including phenoxy) is 1. The van der Waals surface area contributed by atoms with Crippen molar-refractivity contribution in [1.82, 2.24) is 19.4 Å². The second-order valence-corrected chi connectivity index (χ2v) is 8.53. The molecule has 2 saturated heterocycles. The van der Waals surface area contributed by atoms with Crippen molar-refractivity contribution in [2.75, 3.05) is 33.3 Å². The zero-order valence-corrected chi connectivity index (χ0v) is 19.4. The fraction of sp³-hybridized carbons (Fsp3) is 0.375. The molecule has 0 aromatic carbocycles. The van der Waals surface area contributed by atoms with Crippen LogP contribution in [0, 0.1) is 17.2 Å². The van der Waals surface area contributed by atoms with Crippen molar-refractivity contribution in [3.63, 3.8) is 0 Å². The third kappa shape index (κ3) is 4.73. The number of fused-ring (bicyclic) bond motifs is 1. The number of carbonyl (C=O) groups is 2. The second kappa shape index (κ2) is 9.97. The molecular weight excluding hydrogens is 453 g/mol. The number of hydrogen-bond donors (Lipinski definition) is 1. The number of aliphatic imine (C=N–C) groups is 1. The van der Waals surface area contributed by atoms with E-state index in [1.807, 2.05) is 0 Å². The summed E-state index contributed by atoms with van der Waals surface area (Å²) >= 11 is 0. The first-order chi connectivity index (χ1) is 16.9. The number of hydrogen-bond acceptors (Lipinski definition) is 7. The van der Waals surface area contributed by atoms with Crippen LogP contribution >= 0.6 is 0 Å². The fourth-order valence-corrected chi connectivity index (χ4v) is 4.34. The predicted octanol–water partition coefficient (Wildman–Crippen LogP) is 1.52. The Morgan fingerprint density at radius 1 is 1.34 bits per heavy atom. The summed E-state index contributed by atoms with van der Waals surface area (Å²) in [6.45, 7) is 4.58. The van der Waals surface area contributed by atoms with E-state index in [-0.39, 0.29) is 31.0 Å². The number of piperidine rings is 1. The minimum atomic E-state index is -1.00. The molecule has 2 amide bonds. The molecule has 0 aliphatic carbocycles. The van der Waals surface area contributed by atoms with Gasteiger partial charge >= 0.3 is 0 Å². The molecule has 0 unspecified atom stereocenters. The zero-order valence-electron chi connectivity index (χ0n) is 19.4. The van der Waals surface area contributed by atoms with Gasteiger partial charge in [-0.15, -0.1) is 0 Å². The average Bonchev–Trinajstić information content (AvgIpc) is 3.26. The van der Waals surface area contributed by atoms with Crippen LogP contribution in [0.5, 0.6) is 5.75 Å². The number of likely N-dealkylation sites (tertiary alicyclic amines) is 2. The molecule has 2 N–H and O–H groups in total. The number of methoxy groups -OCH3 is 1. The largest absolute Gasteiger partial charge is 0.494 e. The van der Waals surface area contributed by atoms with E-state index in [2.05, 4.69) is 22.7 Å². The second-order valence-electron chi connectivity index (χ2n) is 8.53.